The minimum atomic E-state index is 0.723. The van der Waals surface area contributed by atoms with E-state index in [4.69, 9.17) is 16.3 Å². The molecule has 2 heteroatoms. The van der Waals surface area contributed by atoms with Gasteiger partial charge < -0.3 is 4.74 Å². The van der Waals surface area contributed by atoms with Gasteiger partial charge in [0, 0.05) is 5.88 Å². The van der Waals surface area contributed by atoms with Gasteiger partial charge in [-0.3, -0.25) is 0 Å². The SMILES string of the molecule is CCOc1ccc(CC)c(CCCCl)c1. The summed E-state index contributed by atoms with van der Waals surface area (Å²) in [6.45, 7) is 4.91. The van der Waals surface area contributed by atoms with Gasteiger partial charge in [0.1, 0.15) is 5.75 Å². The van der Waals surface area contributed by atoms with Crippen LogP contribution in [-0.4, -0.2) is 12.5 Å². The van der Waals surface area contributed by atoms with Crippen molar-refractivity contribution in [3.63, 3.8) is 0 Å². The lowest BCUT2D eigenvalue weighted by Crippen LogP contribution is -1.97. The van der Waals surface area contributed by atoms with Crippen LogP contribution in [0.2, 0.25) is 0 Å². The maximum absolute atomic E-state index is 5.72. The van der Waals surface area contributed by atoms with Gasteiger partial charge in [0.2, 0.25) is 0 Å². The molecule has 84 valence electrons. The van der Waals surface area contributed by atoms with Crippen molar-refractivity contribution in [2.75, 3.05) is 12.5 Å². The number of benzene rings is 1. The summed E-state index contributed by atoms with van der Waals surface area (Å²) in [5.74, 6) is 1.70. The van der Waals surface area contributed by atoms with E-state index in [1.165, 1.54) is 11.1 Å². The molecule has 0 heterocycles. The lowest BCUT2D eigenvalue weighted by molar-refractivity contribution is 0.340. The average molecular weight is 227 g/mol. The summed E-state index contributed by atoms with van der Waals surface area (Å²) in [6, 6.07) is 6.36. The predicted octanol–water partition coefficient (Wildman–Crippen LogP) is 3.82. The van der Waals surface area contributed by atoms with Crippen LogP contribution >= 0.6 is 11.6 Å². The minimum Gasteiger partial charge on any atom is -0.494 e. The molecule has 0 bridgehead atoms. The van der Waals surface area contributed by atoms with Gasteiger partial charge in [0.15, 0.2) is 0 Å². The Morgan fingerprint density at radius 1 is 1.20 bits per heavy atom. The Labute approximate surface area is 97.4 Å². The Morgan fingerprint density at radius 2 is 2.00 bits per heavy atom. The van der Waals surface area contributed by atoms with Crippen LogP contribution in [0.1, 0.15) is 31.4 Å². The number of ether oxygens (including phenoxy) is 1. The van der Waals surface area contributed by atoms with Crippen LogP contribution in [0.15, 0.2) is 18.2 Å². The molecule has 1 aromatic carbocycles. The third kappa shape index (κ3) is 3.75. The highest BCUT2D eigenvalue weighted by atomic mass is 35.5. The third-order valence-electron chi connectivity index (χ3n) is 2.45. The standard InChI is InChI=1S/C13H19ClO/c1-3-11-7-8-13(15-4-2)10-12(11)6-5-9-14/h7-8,10H,3-6,9H2,1-2H3. The van der Waals surface area contributed by atoms with Gasteiger partial charge in [-0.2, -0.15) is 0 Å². The Hall–Kier alpha value is -0.690. The largest absolute Gasteiger partial charge is 0.494 e. The van der Waals surface area contributed by atoms with E-state index >= 15 is 0 Å². The van der Waals surface area contributed by atoms with Gasteiger partial charge in [0.25, 0.3) is 0 Å². The van der Waals surface area contributed by atoms with Crippen molar-refractivity contribution in [3.8, 4) is 5.75 Å². The Kier molecular flexibility index (Phi) is 5.56. The first-order chi connectivity index (χ1) is 7.31. The lowest BCUT2D eigenvalue weighted by Gasteiger charge is -2.10. The molecule has 0 aromatic heterocycles. The van der Waals surface area contributed by atoms with Crippen molar-refractivity contribution < 1.29 is 4.74 Å². The van der Waals surface area contributed by atoms with Crippen molar-refractivity contribution in [1.29, 1.82) is 0 Å². The second-order valence-electron chi connectivity index (χ2n) is 3.51. The van der Waals surface area contributed by atoms with Crippen LogP contribution in [0.3, 0.4) is 0 Å². The number of aryl methyl sites for hydroxylation is 2. The molecule has 1 nitrogen and oxygen atoms in total. The van der Waals surface area contributed by atoms with Gasteiger partial charge in [-0.25, -0.2) is 0 Å². The molecule has 0 radical (unpaired) electrons. The highest BCUT2D eigenvalue weighted by Crippen LogP contribution is 2.20. The molecule has 0 aliphatic rings. The molecule has 0 atom stereocenters. The Bertz CT molecular complexity index is 297. The summed E-state index contributed by atoms with van der Waals surface area (Å²) < 4.78 is 5.49. The van der Waals surface area contributed by atoms with Gasteiger partial charge in [-0.1, -0.05) is 13.0 Å². The summed E-state index contributed by atoms with van der Waals surface area (Å²) in [7, 11) is 0. The zero-order chi connectivity index (χ0) is 11.1. The monoisotopic (exact) mass is 226 g/mol. The van der Waals surface area contributed by atoms with Crippen LogP contribution in [0.25, 0.3) is 0 Å². The molecule has 0 unspecified atom stereocenters. The Balaban J connectivity index is 2.81. The van der Waals surface area contributed by atoms with Crippen molar-refractivity contribution in [2.24, 2.45) is 0 Å². The lowest BCUT2D eigenvalue weighted by atomic mass is 10.0. The van der Waals surface area contributed by atoms with Gasteiger partial charge >= 0.3 is 0 Å². The first kappa shape index (κ1) is 12.4. The van der Waals surface area contributed by atoms with E-state index in [1.54, 1.807) is 0 Å². The molecule has 0 N–H and O–H groups in total. The average Bonchev–Trinajstić information content (AvgIpc) is 2.27. The zero-order valence-corrected chi connectivity index (χ0v) is 10.3. The number of rotatable bonds is 6. The van der Waals surface area contributed by atoms with E-state index in [0.29, 0.717) is 0 Å². The number of hydrogen-bond acceptors (Lipinski definition) is 1. The minimum absolute atomic E-state index is 0.723. The number of hydrogen-bond donors (Lipinski definition) is 0. The maximum atomic E-state index is 5.72. The highest BCUT2D eigenvalue weighted by Gasteiger charge is 2.02. The van der Waals surface area contributed by atoms with E-state index < -0.39 is 0 Å². The van der Waals surface area contributed by atoms with Crippen LogP contribution < -0.4 is 4.74 Å². The molecule has 0 spiro atoms. The second kappa shape index (κ2) is 6.73. The molecule has 0 fully saturated rings. The zero-order valence-electron chi connectivity index (χ0n) is 9.55. The topological polar surface area (TPSA) is 9.23 Å². The molecule has 0 aliphatic heterocycles. The van der Waals surface area contributed by atoms with Gasteiger partial charge in [0.05, 0.1) is 6.61 Å². The van der Waals surface area contributed by atoms with Gasteiger partial charge in [-0.15, -0.1) is 11.6 Å². The van der Waals surface area contributed by atoms with Gasteiger partial charge in [-0.05, 0) is 49.4 Å². The number of halogens is 1. The molecule has 0 saturated heterocycles. The van der Waals surface area contributed by atoms with Crippen molar-refractivity contribution >= 4 is 11.6 Å². The van der Waals surface area contributed by atoms with E-state index in [9.17, 15) is 0 Å². The quantitative estimate of drug-likeness (QED) is 0.671. The molecule has 1 rings (SSSR count). The second-order valence-corrected chi connectivity index (χ2v) is 3.89. The van der Waals surface area contributed by atoms with E-state index in [-0.39, 0.29) is 0 Å². The summed E-state index contributed by atoms with van der Waals surface area (Å²) in [5.41, 5.74) is 2.78. The smallest absolute Gasteiger partial charge is 0.119 e. The van der Waals surface area contributed by atoms with Crippen molar-refractivity contribution in [3.05, 3.63) is 29.3 Å². The van der Waals surface area contributed by atoms with Crippen LogP contribution in [0.4, 0.5) is 0 Å². The highest BCUT2D eigenvalue weighted by molar-refractivity contribution is 6.17. The molecular weight excluding hydrogens is 208 g/mol. The molecule has 1 aromatic rings. The van der Waals surface area contributed by atoms with E-state index in [2.05, 4.69) is 19.1 Å². The summed E-state index contributed by atoms with van der Waals surface area (Å²) in [6.07, 6.45) is 3.15. The van der Waals surface area contributed by atoms with E-state index in [0.717, 1.165) is 37.5 Å². The first-order valence-electron chi connectivity index (χ1n) is 5.62. The van der Waals surface area contributed by atoms with Crippen molar-refractivity contribution in [1.82, 2.24) is 0 Å². The summed E-state index contributed by atoms with van der Waals surface area (Å²) in [5, 5.41) is 0. The molecule has 0 saturated carbocycles. The summed E-state index contributed by atoms with van der Waals surface area (Å²) in [4.78, 5) is 0. The normalized spacial score (nSPS) is 10.3. The van der Waals surface area contributed by atoms with Crippen LogP contribution in [-0.2, 0) is 12.8 Å². The van der Waals surface area contributed by atoms with Crippen molar-refractivity contribution in [2.45, 2.75) is 33.1 Å². The fourth-order valence-electron chi connectivity index (χ4n) is 1.69. The Morgan fingerprint density at radius 3 is 2.60 bits per heavy atom. The van der Waals surface area contributed by atoms with E-state index in [1.807, 2.05) is 13.0 Å². The number of alkyl halides is 1. The molecular formula is C13H19ClO. The maximum Gasteiger partial charge on any atom is 0.119 e. The third-order valence-corrected chi connectivity index (χ3v) is 2.72. The molecule has 0 aliphatic carbocycles. The molecule has 0 amide bonds. The van der Waals surface area contributed by atoms with Crippen LogP contribution in [0, 0.1) is 0 Å². The predicted molar refractivity (Wildman–Crippen MR) is 66.0 cm³/mol. The first-order valence-corrected chi connectivity index (χ1v) is 6.15. The summed E-state index contributed by atoms with van der Waals surface area (Å²) >= 11 is 5.72. The van der Waals surface area contributed by atoms with Crippen LogP contribution in [0.5, 0.6) is 5.75 Å². The molecule has 15 heavy (non-hydrogen) atoms. The fourth-order valence-corrected chi connectivity index (χ4v) is 1.83. The fraction of sp³-hybridized carbons (Fsp3) is 0.538.